The van der Waals surface area contributed by atoms with Crippen molar-refractivity contribution in [2.45, 2.75) is 3.49 Å². The van der Waals surface area contributed by atoms with Gasteiger partial charge in [-0.3, -0.25) is 4.79 Å². The van der Waals surface area contributed by atoms with Crippen molar-refractivity contribution < 1.29 is 13.6 Å². The second-order valence-corrected chi connectivity index (χ2v) is 5.58. The first kappa shape index (κ1) is 10.8. The van der Waals surface area contributed by atoms with Crippen LogP contribution in [-0.4, -0.2) is 9.27 Å². The van der Waals surface area contributed by atoms with E-state index in [1.807, 2.05) is 0 Å². The Morgan fingerprint density at radius 2 is 1.69 bits per heavy atom. The first-order valence-electron chi connectivity index (χ1n) is 3.28. The number of benzene rings is 1. The van der Waals surface area contributed by atoms with Crippen molar-refractivity contribution in [3.63, 3.8) is 0 Å². The quantitative estimate of drug-likeness (QED) is 0.604. The standard InChI is InChI=1S/C8H4Br2F2O/c9-8(10,12)7(13)5-1-3-6(11)4-2-5/h1-4H. The number of hydrogen-bond donors (Lipinski definition) is 0. The van der Waals surface area contributed by atoms with Gasteiger partial charge in [0, 0.05) is 5.56 Å². The summed E-state index contributed by atoms with van der Waals surface area (Å²) in [5.41, 5.74) is 0.0950. The van der Waals surface area contributed by atoms with Crippen molar-refractivity contribution in [3.05, 3.63) is 35.6 Å². The molecular weight excluding hydrogens is 310 g/mol. The van der Waals surface area contributed by atoms with Crippen LogP contribution in [0.2, 0.25) is 0 Å². The summed E-state index contributed by atoms with van der Waals surface area (Å²) in [7, 11) is 0. The van der Waals surface area contributed by atoms with Crippen molar-refractivity contribution in [2.24, 2.45) is 0 Å². The van der Waals surface area contributed by atoms with Gasteiger partial charge in [0.05, 0.1) is 0 Å². The number of hydrogen-bond acceptors (Lipinski definition) is 1. The predicted molar refractivity (Wildman–Crippen MR) is 52.4 cm³/mol. The first-order valence-corrected chi connectivity index (χ1v) is 4.87. The van der Waals surface area contributed by atoms with E-state index in [-0.39, 0.29) is 5.56 Å². The number of rotatable bonds is 2. The maximum Gasteiger partial charge on any atom is 0.280 e. The van der Waals surface area contributed by atoms with Crippen LogP contribution in [-0.2, 0) is 0 Å². The van der Waals surface area contributed by atoms with Gasteiger partial charge >= 0.3 is 0 Å². The third kappa shape index (κ3) is 2.84. The Kier molecular flexibility index (Phi) is 3.18. The SMILES string of the molecule is O=C(c1ccc(F)cc1)C(F)(Br)Br. The summed E-state index contributed by atoms with van der Waals surface area (Å²) in [5.74, 6) is -1.27. The van der Waals surface area contributed by atoms with Gasteiger partial charge in [0.2, 0.25) is 5.78 Å². The highest BCUT2D eigenvalue weighted by Crippen LogP contribution is 2.31. The lowest BCUT2D eigenvalue weighted by atomic mass is 10.1. The minimum Gasteiger partial charge on any atom is -0.288 e. The van der Waals surface area contributed by atoms with Crippen LogP contribution in [0.5, 0.6) is 0 Å². The molecule has 13 heavy (non-hydrogen) atoms. The van der Waals surface area contributed by atoms with E-state index in [4.69, 9.17) is 0 Å². The van der Waals surface area contributed by atoms with E-state index in [0.717, 1.165) is 12.1 Å². The van der Waals surface area contributed by atoms with Gasteiger partial charge in [-0.05, 0) is 56.1 Å². The molecule has 5 heteroatoms. The Hall–Kier alpha value is -0.290. The normalized spacial score (nSPS) is 11.4. The lowest BCUT2D eigenvalue weighted by Gasteiger charge is -2.07. The highest BCUT2D eigenvalue weighted by atomic mass is 79.9. The van der Waals surface area contributed by atoms with Crippen LogP contribution < -0.4 is 0 Å². The van der Waals surface area contributed by atoms with Crippen LogP contribution in [0, 0.1) is 5.82 Å². The van der Waals surface area contributed by atoms with E-state index in [9.17, 15) is 13.6 Å². The zero-order chi connectivity index (χ0) is 10.1. The summed E-state index contributed by atoms with van der Waals surface area (Å²) in [6.45, 7) is 0. The fraction of sp³-hybridized carbons (Fsp3) is 0.125. The molecular formula is C8H4Br2F2O. The van der Waals surface area contributed by atoms with Crippen molar-refractivity contribution >= 4 is 37.6 Å². The van der Waals surface area contributed by atoms with Gasteiger partial charge in [-0.25, -0.2) is 8.78 Å². The van der Waals surface area contributed by atoms with Gasteiger partial charge in [0.1, 0.15) is 5.82 Å². The average Bonchev–Trinajstić information content (AvgIpc) is 2.03. The van der Waals surface area contributed by atoms with Crippen LogP contribution in [0.1, 0.15) is 10.4 Å². The first-order chi connectivity index (χ1) is 5.91. The molecule has 0 N–H and O–H groups in total. The van der Waals surface area contributed by atoms with Crippen molar-refractivity contribution in [2.75, 3.05) is 0 Å². The lowest BCUT2D eigenvalue weighted by Crippen LogP contribution is -2.18. The topological polar surface area (TPSA) is 17.1 Å². The second-order valence-electron chi connectivity index (χ2n) is 2.33. The molecule has 0 radical (unpaired) electrons. The Balaban J connectivity index is 2.97. The van der Waals surface area contributed by atoms with E-state index in [2.05, 4.69) is 31.9 Å². The molecule has 0 aliphatic carbocycles. The number of Topliss-reactive ketones (excluding diaryl/α,β-unsaturated/α-hetero) is 1. The van der Waals surface area contributed by atoms with Crippen LogP contribution in [0.25, 0.3) is 0 Å². The molecule has 1 rings (SSSR count). The van der Waals surface area contributed by atoms with Crippen LogP contribution in [0.15, 0.2) is 24.3 Å². The fourth-order valence-electron chi connectivity index (χ4n) is 0.765. The van der Waals surface area contributed by atoms with E-state index < -0.39 is 15.1 Å². The Labute approximate surface area is 90.4 Å². The second kappa shape index (κ2) is 3.84. The summed E-state index contributed by atoms with van der Waals surface area (Å²) in [4.78, 5) is 11.2. The van der Waals surface area contributed by atoms with Gasteiger partial charge in [-0.2, -0.15) is 0 Å². The summed E-state index contributed by atoms with van der Waals surface area (Å²) in [6, 6.07) is 4.63. The largest absolute Gasteiger partial charge is 0.288 e. The molecule has 0 spiro atoms. The molecule has 1 aromatic carbocycles. The molecule has 0 amide bonds. The molecule has 0 aliphatic heterocycles. The molecule has 1 nitrogen and oxygen atoms in total. The van der Waals surface area contributed by atoms with Crippen molar-refractivity contribution in [1.82, 2.24) is 0 Å². The van der Waals surface area contributed by atoms with Crippen molar-refractivity contribution in [3.8, 4) is 0 Å². The maximum atomic E-state index is 13.0. The van der Waals surface area contributed by atoms with Gasteiger partial charge in [-0.1, -0.05) is 0 Å². The number of ketones is 1. The van der Waals surface area contributed by atoms with E-state index in [1.54, 1.807) is 0 Å². The minimum atomic E-state index is -2.28. The number of carbonyl (C=O) groups excluding carboxylic acids is 1. The number of carbonyl (C=O) groups is 1. The molecule has 1 aromatic rings. The van der Waals surface area contributed by atoms with Crippen LogP contribution in [0.4, 0.5) is 8.78 Å². The summed E-state index contributed by atoms with van der Waals surface area (Å²) in [5, 5.41) is 0. The fourth-order valence-corrected chi connectivity index (χ4v) is 1.22. The zero-order valence-corrected chi connectivity index (χ0v) is 9.40. The molecule has 0 unspecified atom stereocenters. The molecule has 0 heterocycles. The molecule has 0 saturated heterocycles. The van der Waals surface area contributed by atoms with Gasteiger partial charge in [0.15, 0.2) is 0 Å². The predicted octanol–water partition coefficient (Wildman–Crippen LogP) is 3.42. The van der Waals surface area contributed by atoms with E-state index in [1.165, 1.54) is 12.1 Å². The third-order valence-electron chi connectivity index (χ3n) is 1.36. The minimum absolute atomic E-state index is 0.0950. The average molecular weight is 314 g/mol. The summed E-state index contributed by atoms with van der Waals surface area (Å²) >= 11 is 5.01. The highest BCUT2D eigenvalue weighted by molar-refractivity contribution is 9.25. The molecule has 0 aromatic heterocycles. The van der Waals surface area contributed by atoms with Gasteiger partial charge in [-0.15, -0.1) is 0 Å². The Morgan fingerprint density at radius 1 is 1.23 bits per heavy atom. The summed E-state index contributed by atoms with van der Waals surface area (Å²) in [6.07, 6.45) is 0. The molecule has 70 valence electrons. The lowest BCUT2D eigenvalue weighted by molar-refractivity contribution is 0.0926. The van der Waals surface area contributed by atoms with Crippen molar-refractivity contribution in [1.29, 1.82) is 0 Å². The smallest absolute Gasteiger partial charge is 0.280 e. The van der Waals surface area contributed by atoms with Gasteiger partial charge in [0.25, 0.3) is 3.49 Å². The monoisotopic (exact) mass is 312 g/mol. The summed E-state index contributed by atoms with van der Waals surface area (Å²) < 4.78 is 23.1. The third-order valence-corrected chi connectivity index (χ3v) is 2.08. The zero-order valence-electron chi connectivity index (χ0n) is 6.23. The maximum absolute atomic E-state index is 13.0. The van der Waals surface area contributed by atoms with Crippen LogP contribution in [0.3, 0.4) is 0 Å². The number of halogens is 4. The van der Waals surface area contributed by atoms with Gasteiger partial charge < -0.3 is 0 Å². The molecule has 0 bridgehead atoms. The number of alkyl halides is 3. The Morgan fingerprint density at radius 3 is 2.08 bits per heavy atom. The molecule has 0 saturated carbocycles. The molecule has 0 atom stereocenters. The highest BCUT2D eigenvalue weighted by Gasteiger charge is 2.32. The van der Waals surface area contributed by atoms with Crippen LogP contribution >= 0.6 is 31.9 Å². The van der Waals surface area contributed by atoms with E-state index >= 15 is 0 Å². The molecule has 0 aliphatic rings. The Bertz CT molecular complexity index is 316. The van der Waals surface area contributed by atoms with E-state index in [0.29, 0.717) is 0 Å². The molecule has 0 fully saturated rings.